The van der Waals surface area contributed by atoms with E-state index in [9.17, 15) is 13.2 Å². The number of sulfonamides is 1. The van der Waals surface area contributed by atoms with E-state index in [4.69, 9.17) is 4.74 Å². The van der Waals surface area contributed by atoms with Crippen molar-refractivity contribution in [2.75, 3.05) is 17.1 Å². The van der Waals surface area contributed by atoms with E-state index in [2.05, 4.69) is 20.0 Å². The molecule has 0 saturated carbocycles. The lowest BCUT2D eigenvalue weighted by Gasteiger charge is -2.16. The Kier molecular flexibility index (Phi) is 6.26. The van der Waals surface area contributed by atoms with E-state index in [1.165, 1.54) is 43.8 Å². The Bertz CT molecular complexity index is 1170. The van der Waals surface area contributed by atoms with E-state index >= 15 is 0 Å². The number of anilines is 2. The normalized spacial score (nSPS) is 11.6. The van der Waals surface area contributed by atoms with Crippen LogP contribution < -0.4 is 14.8 Å². The summed E-state index contributed by atoms with van der Waals surface area (Å²) in [6, 6.07) is 12.3. The lowest BCUT2D eigenvalue weighted by atomic mass is 9.96. The molecule has 2 aromatic carbocycles. The molecule has 0 radical (unpaired) electrons. The number of ether oxygens (including phenoxy) is 1. The second-order valence-corrected chi connectivity index (χ2v) is 9.54. The van der Waals surface area contributed by atoms with Crippen LogP contribution in [-0.4, -0.2) is 31.4 Å². The summed E-state index contributed by atoms with van der Waals surface area (Å²) in [6.45, 7) is 5.98. The van der Waals surface area contributed by atoms with Crippen LogP contribution in [0.2, 0.25) is 0 Å². The topological polar surface area (TPSA) is 110 Å². The fraction of sp³-hybridized carbons (Fsp3) is 0.227. The predicted molar refractivity (Wildman–Crippen MR) is 119 cm³/mol. The van der Waals surface area contributed by atoms with Gasteiger partial charge >= 0.3 is 0 Å². The van der Waals surface area contributed by atoms with Crippen LogP contribution in [0.25, 0.3) is 0 Å². The van der Waals surface area contributed by atoms with Gasteiger partial charge in [-0.2, -0.15) is 0 Å². The Balaban J connectivity index is 1.76. The molecule has 31 heavy (non-hydrogen) atoms. The first-order valence-electron chi connectivity index (χ1n) is 9.49. The van der Waals surface area contributed by atoms with Gasteiger partial charge in [-0.05, 0) is 42.5 Å². The fourth-order valence-electron chi connectivity index (χ4n) is 2.66. The highest BCUT2D eigenvalue weighted by Gasteiger charge is 2.19. The van der Waals surface area contributed by atoms with Gasteiger partial charge in [0.1, 0.15) is 11.6 Å². The Morgan fingerprint density at radius 2 is 1.61 bits per heavy atom. The van der Waals surface area contributed by atoms with Gasteiger partial charge in [0.2, 0.25) is 0 Å². The van der Waals surface area contributed by atoms with Crippen molar-refractivity contribution in [2.45, 2.75) is 31.1 Å². The third kappa shape index (κ3) is 5.58. The molecule has 3 aromatic rings. The van der Waals surface area contributed by atoms with Crippen LogP contribution in [0, 0.1) is 0 Å². The number of hydrogen-bond acceptors (Lipinski definition) is 6. The second kappa shape index (κ2) is 8.73. The van der Waals surface area contributed by atoms with Crippen LogP contribution in [0.15, 0.2) is 65.8 Å². The molecule has 1 aromatic heterocycles. The summed E-state index contributed by atoms with van der Waals surface area (Å²) >= 11 is 0. The molecule has 0 aliphatic carbocycles. The van der Waals surface area contributed by atoms with Crippen LogP contribution >= 0.6 is 0 Å². The predicted octanol–water partition coefficient (Wildman–Crippen LogP) is 3.84. The van der Waals surface area contributed by atoms with Crippen molar-refractivity contribution in [2.24, 2.45) is 0 Å². The van der Waals surface area contributed by atoms with Crippen molar-refractivity contribution in [3.8, 4) is 5.75 Å². The molecule has 0 atom stereocenters. The molecular formula is C22H24N4O4S. The maximum atomic E-state index is 12.7. The average Bonchev–Trinajstić information content (AvgIpc) is 2.74. The van der Waals surface area contributed by atoms with Gasteiger partial charge in [-0.1, -0.05) is 26.8 Å². The zero-order valence-corrected chi connectivity index (χ0v) is 18.5. The van der Waals surface area contributed by atoms with Gasteiger partial charge in [-0.25, -0.2) is 18.4 Å². The van der Waals surface area contributed by atoms with E-state index in [1.807, 2.05) is 20.8 Å². The van der Waals surface area contributed by atoms with E-state index in [-0.39, 0.29) is 15.9 Å². The minimum atomic E-state index is -3.88. The Morgan fingerprint density at radius 3 is 2.19 bits per heavy atom. The maximum absolute atomic E-state index is 12.7. The zero-order valence-electron chi connectivity index (χ0n) is 17.7. The number of benzene rings is 2. The van der Waals surface area contributed by atoms with E-state index in [1.54, 1.807) is 24.3 Å². The van der Waals surface area contributed by atoms with Gasteiger partial charge in [0, 0.05) is 16.7 Å². The number of rotatable bonds is 6. The summed E-state index contributed by atoms with van der Waals surface area (Å²) in [5.74, 6) is 0.804. The van der Waals surface area contributed by atoms with E-state index in [0.717, 1.165) is 0 Å². The number of carbonyl (C=O) groups excluding carboxylic acids is 1. The number of carbonyl (C=O) groups is 1. The largest absolute Gasteiger partial charge is 0.497 e. The second-order valence-electron chi connectivity index (χ2n) is 7.86. The zero-order chi connectivity index (χ0) is 22.6. The summed E-state index contributed by atoms with van der Waals surface area (Å²) in [4.78, 5) is 21.1. The molecule has 0 fully saturated rings. The molecule has 3 rings (SSSR count). The molecule has 0 aliphatic heterocycles. The maximum Gasteiger partial charge on any atom is 0.261 e. The quantitative estimate of drug-likeness (QED) is 0.603. The van der Waals surface area contributed by atoms with Gasteiger partial charge < -0.3 is 10.1 Å². The molecule has 8 nitrogen and oxygen atoms in total. The third-order valence-electron chi connectivity index (χ3n) is 4.33. The van der Waals surface area contributed by atoms with E-state index < -0.39 is 15.9 Å². The van der Waals surface area contributed by atoms with Crippen molar-refractivity contribution >= 4 is 27.3 Å². The van der Waals surface area contributed by atoms with Crippen molar-refractivity contribution in [3.05, 3.63) is 72.3 Å². The highest BCUT2D eigenvalue weighted by molar-refractivity contribution is 7.92. The van der Waals surface area contributed by atoms with Crippen LogP contribution in [-0.2, 0) is 15.4 Å². The molecule has 0 spiro atoms. The van der Waals surface area contributed by atoms with Gasteiger partial charge in [-0.15, -0.1) is 0 Å². The molecule has 0 unspecified atom stereocenters. The van der Waals surface area contributed by atoms with Crippen LogP contribution in [0.4, 0.5) is 11.4 Å². The number of amides is 1. The lowest BCUT2D eigenvalue weighted by Crippen LogP contribution is -2.18. The SMILES string of the molecule is COc1ccc(NS(=O)(=O)c2cccc(C(=O)Nc3cnc(C(C)(C)C)nc3)c2)cc1. The van der Waals surface area contributed by atoms with Crippen LogP contribution in [0.1, 0.15) is 37.0 Å². The Hall–Kier alpha value is -3.46. The first-order valence-corrected chi connectivity index (χ1v) is 11.0. The number of nitrogens with zero attached hydrogens (tertiary/aromatic N) is 2. The molecular weight excluding hydrogens is 416 g/mol. The van der Waals surface area contributed by atoms with Gasteiger partial charge in [0.15, 0.2) is 0 Å². The fourth-order valence-corrected chi connectivity index (χ4v) is 3.76. The third-order valence-corrected chi connectivity index (χ3v) is 5.71. The highest BCUT2D eigenvalue weighted by Crippen LogP contribution is 2.21. The summed E-state index contributed by atoms with van der Waals surface area (Å²) in [5, 5.41) is 2.68. The smallest absolute Gasteiger partial charge is 0.261 e. The van der Waals surface area contributed by atoms with Crippen molar-refractivity contribution in [1.82, 2.24) is 9.97 Å². The van der Waals surface area contributed by atoms with Gasteiger partial charge in [0.25, 0.3) is 15.9 Å². The molecule has 1 heterocycles. The number of aromatic nitrogens is 2. The van der Waals surface area contributed by atoms with E-state index in [0.29, 0.717) is 22.9 Å². The molecule has 0 bridgehead atoms. The van der Waals surface area contributed by atoms with Gasteiger partial charge in [0.05, 0.1) is 30.1 Å². The first-order chi connectivity index (χ1) is 14.6. The summed E-state index contributed by atoms with van der Waals surface area (Å²) in [6.07, 6.45) is 3.05. The van der Waals surface area contributed by atoms with Crippen molar-refractivity contribution in [1.29, 1.82) is 0 Å². The number of methoxy groups -OCH3 is 1. The minimum Gasteiger partial charge on any atom is -0.497 e. The van der Waals surface area contributed by atoms with Crippen molar-refractivity contribution in [3.63, 3.8) is 0 Å². The van der Waals surface area contributed by atoms with Crippen LogP contribution in [0.5, 0.6) is 5.75 Å². The lowest BCUT2D eigenvalue weighted by molar-refractivity contribution is 0.102. The molecule has 0 saturated heterocycles. The highest BCUT2D eigenvalue weighted by atomic mass is 32.2. The number of hydrogen-bond donors (Lipinski definition) is 2. The first kappa shape index (κ1) is 22.2. The molecule has 9 heteroatoms. The van der Waals surface area contributed by atoms with Crippen LogP contribution in [0.3, 0.4) is 0 Å². The number of nitrogens with one attached hydrogen (secondary N) is 2. The minimum absolute atomic E-state index is 0.0321. The van der Waals surface area contributed by atoms with Crippen molar-refractivity contribution < 1.29 is 17.9 Å². The molecule has 1 amide bonds. The molecule has 162 valence electrons. The average molecular weight is 441 g/mol. The molecule has 0 aliphatic rings. The summed E-state index contributed by atoms with van der Waals surface area (Å²) < 4.78 is 33.0. The standard InChI is InChI=1S/C22H24N4O4S/c1-22(2,3)21-23-13-17(14-24-21)25-20(27)15-6-5-7-19(12-15)31(28,29)26-16-8-10-18(30-4)11-9-16/h5-14,26H,1-4H3,(H,25,27). The Labute approximate surface area is 181 Å². The monoisotopic (exact) mass is 440 g/mol. The summed E-state index contributed by atoms with van der Waals surface area (Å²) in [5.41, 5.74) is 0.786. The van der Waals surface area contributed by atoms with Gasteiger partial charge in [-0.3, -0.25) is 9.52 Å². The Morgan fingerprint density at radius 1 is 0.968 bits per heavy atom. The molecule has 2 N–H and O–H groups in total. The summed E-state index contributed by atoms with van der Waals surface area (Å²) in [7, 11) is -2.35.